The number of methoxy groups -OCH3 is 1. The summed E-state index contributed by atoms with van der Waals surface area (Å²) >= 11 is 0. The van der Waals surface area contributed by atoms with Crippen molar-refractivity contribution in [2.45, 2.75) is 184 Å². The van der Waals surface area contributed by atoms with E-state index >= 15 is 0 Å². The summed E-state index contributed by atoms with van der Waals surface area (Å²) in [6.45, 7) is 8.92. The summed E-state index contributed by atoms with van der Waals surface area (Å²) in [5.74, 6) is -4.62. The number of aliphatic hydroxyl groups excluding tert-OH is 6. The third-order valence-corrected chi connectivity index (χ3v) is 13.1. The number of Topliss-reactive ketones (excluding diaryl/α,β-unsaturated/α-hetero) is 3. The zero-order valence-electron chi connectivity index (χ0n) is 36.6. The number of benzene rings is 2. The second-order valence-electron chi connectivity index (χ2n) is 17.7. The maximum Gasteiger partial charge on any atom is 0.227 e. The highest BCUT2D eigenvalue weighted by atomic mass is 16.7. The summed E-state index contributed by atoms with van der Waals surface area (Å²) in [6, 6.07) is 3.07. The Labute approximate surface area is 368 Å². The molecular weight excluding hydrogens is 848 g/mol. The maximum absolute atomic E-state index is 14.7. The van der Waals surface area contributed by atoms with E-state index in [1.165, 1.54) is 20.1 Å². The molecule has 356 valence electrons. The molecule has 2 aromatic carbocycles. The minimum Gasteiger partial charge on any atom is -0.507 e. The van der Waals surface area contributed by atoms with Gasteiger partial charge in [-0.25, -0.2) is 0 Å². The largest absolute Gasteiger partial charge is 0.507 e. The SMILES string of the molecule is CO[C@H](C(=O)C(C)=O)C1Cc2cc3cc(OC4CC(OC5CC(O)C(O)C(C)O5)C(O)C(C)O4)c(C)c(O)c3c(O)c2C(=O)[C@H]1OC1CC(OC2CC(O)C(O)C(C)O2)C(O)C(C)O1. The summed E-state index contributed by atoms with van der Waals surface area (Å²) in [6.07, 6.45) is -19.6. The fourth-order valence-corrected chi connectivity index (χ4v) is 9.39. The third-order valence-electron chi connectivity index (χ3n) is 13.1. The Morgan fingerprint density at radius 1 is 0.688 bits per heavy atom. The summed E-state index contributed by atoms with van der Waals surface area (Å²) in [7, 11) is 1.21. The van der Waals surface area contributed by atoms with Crippen molar-refractivity contribution in [3.05, 3.63) is 28.8 Å². The number of carbonyl (C=O) groups excluding carboxylic acids is 3. The number of fused-ring (bicyclic) bond motifs is 2. The fourth-order valence-electron chi connectivity index (χ4n) is 9.39. The Kier molecular flexibility index (Phi) is 14.7. The van der Waals surface area contributed by atoms with Crippen LogP contribution in [0.3, 0.4) is 0 Å². The molecule has 7 rings (SSSR count). The van der Waals surface area contributed by atoms with Crippen molar-refractivity contribution in [1.82, 2.24) is 0 Å². The van der Waals surface area contributed by atoms with Crippen LogP contribution in [0, 0.1) is 12.8 Å². The fraction of sp³-hybridized carbons (Fsp3) is 0.705. The van der Waals surface area contributed by atoms with Crippen molar-refractivity contribution in [2.75, 3.05) is 7.11 Å². The lowest BCUT2D eigenvalue weighted by Crippen LogP contribution is -2.55. The molecule has 20 nitrogen and oxygen atoms in total. The van der Waals surface area contributed by atoms with Gasteiger partial charge in [0.05, 0.1) is 59.8 Å². The van der Waals surface area contributed by atoms with Gasteiger partial charge in [-0.15, -0.1) is 0 Å². The Morgan fingerprint density at radius 2 is 1.17 bits per heavy atom. The van der Waals surface area contributed by atoms with Gasteiger partial charge in [0.2, 0.25) is 12.1 Å². The van der Waals surface area contributed by atoms with Crippen molar-refractivity contribution in [2.24, 2.45) is 5.92 Å². The van der Waals surface area contributed by atoms with Crippen molar-refractivity contribution < 1.29 is 97.9 Å². The number of aliphatic hydroxyl groups is 6. The lowest BCUT2D eigenvalue weighted by Gasteiger charge is -2.43. The van der Waals surface area contributed by atoms with Crippen LogP contribution in [-0.2, 0) is 53.9 Å². The molecule has 2 aromatic rings. The number of carbonyl (C=O) groups is 3. The Hall–Kier alpha value is -3.45. The molecule has 8 N–H and O–H groups in total. The molecule has 0 radical (unpaired) electrons. The Morgan fingerprint density at radius 3 is 1.67 bits per heavy atom. The molecular formula is C44H60O20. The minimum absolute atomic E-state index is 0.0115. The van der Waals surface area contributed by atoms with Gasteiger partial charge in [0.25, 0.3) is 0 Å². The van der Waals surface area contributed by atoms with E-state index < -0.39 is 145 Å². The quantitative estimate of drug-likeness (QED) is 0.133. The van der Waals surface area contributed by atoms with Crippen LogP contribution in [0.15, 0.2) is 12.1 Å². The average molecular weight is 909 g/mol. The van der Waals surface area contributed by atoms with Gasteiger partial charge >= 0.3 is 0 Å². The average Bonchev–Trinajstić information content (AvgIpc) is 3.22. The zero-order chi connectivity index (χ0) is 46.6. The molecule has 17 unspecified atom stereocenters. The summed E-state index contributed by atoms with van der Waals surface area (Å²) < 4.78 is 53.6. The number of phenols is 2. The van der Waals surface area contributed by atoms with Crippen LogP contribution >= 0.6 is 0 Å². The highest BCUT2D eigenvalue weighted by molar-refractivity contribution is 6.38. The van der Waals surface area contributed by atoms with Crippen molar-refractivity contribution in [3.63, 3.8) is 0 Å². The summed E-state index contributed by atoms with van der Waals surface area (Å²) in [5.41, 5.74) is 0.183. The standard InChI is InChI=1S/C44H60O20/c1-15-26(61-31-13-27(39(52)19(5)59-31)62-29-11-24(46)37(50)17(3)57-29)10-22-8-21-9-23(43(56-7)36(49)16(2)45)44(42(55)34(21)41(54)33(22)35(15)48)64-32-14-28(40(53)20(6)60-32)63-30-12-25(47)38(51)18(4)58-30/h8,10,17-20,23-25,27-32,37-40,43-44,46-48,50-54H,9,11-14H2,1-7H3/t17?,18?,19?,20?,23?,24?,25?,27?,28?,29?,30?,31?,32?,37?,38?,39?,40?,43-,44-/m0/s1. The second-order valence-corrected chi connectivity index (χ2v) is 17.7. The van der Waals surface area contributed by atoms with Crippen LogP contribution in [0.1, 0.15) is 81.8 Å². The van der Waals surface area contributed by atoms with Gasteiger partial charge in [-0.2, -0.15) is 0 Å². The number of hydrogen-bond donors (Lipinski definition) is 8. The number of ether oxygens (including phenoxy) is 9. The number of phenolic OH excluding ortho intramolecular Hbond substituents is 2. The van der Waals surface area contributed by atoms with Crippen molar-refractivity contribution in [1.29, 1.82) is 0 Å². The maximum atomic E-state index is 14.7. The molecule has 1 aliphatic carbocycles. The topological polar surface area (TPSA) is 296 Å². The minimum atomic E-state index is -1.57. The van der Waals surface area contributed by atoms with E-state index in [-0.39, 0.29) is 65.3 Å². The van der Waals surface area contributed by atoms with Gasteiger partial charge in [-0.3, -0.25) is 14.4 Å². The first-order valence-electron chi connectivity index (χ1n) is 21.6. The van der Waals surface area contributed by atoms with E-state index in [4.69, 9.17) is 42.6 Å². The third kappa shape index (κ3) is 9.54. The Bertz CT molecular complexity index is 2020. The van der Waals surface area contributed by atoms with Crippen LogP contribution < -0.4 is 4.74 Å². The van der Waals surface area contributed by atoms with E-state index in [1.54, 1.807) is 33.8 Å². The van der Waals surface area contributed by atoms with E-state index in [9.17, 15) is 55.2 Å². The molecule has 64 heavy (non-hydrogen) atoms. The Balaban J connectivity index is 1.16. The highest BCUT2D eigenvalue weighted by Gasteiger charge is 2.50. The van der Waals surface area contributed by atoms with Gasteiger partial charge in [0.15, 0.2) is 30.4 Å². The highest BCUT2D eigenvalue weighted by Crippen LogP contribution is 2.47. The van der Waals surface area contributed by atoms with Gasteiger partial charge in [-0.1, -0.05) is 0 Å². The van der Waals surface area contributed by atoms with E-state index in [2.05, 4.69) is 0 Å². The molecule has 5 aliphatic rings. The molecule has 20 heteroatoms. The second kappa shape index (κ2) is 19.4. The number of ketones is 3. The van der Waals surface area contributed by atoms with Crippen LogP contribution in [0.2, 0.25) is 0 Å². The van der Waals surface area contributed by atoms with E-state index in [1.807, 2.05) is 0 Å². The molecule has 0 aromatic heterocycles. The zero-order valence-corrected chi connectivity index (χ0v) is 36.6. The predicted octanol–water partition coefficient (Wildman–Crippen LogP) is 0.327. The lowest BCUT2D eigenvalue weighted by atomic mass is 9.75. The van der Waals surface area contributed by atoms with E-state index in [0.717, 1.165) is 6.92 Å². The smallest absolute Gasteiger partial charge is 0.227 e. The van der Waals surface area contributed by atoms with Gasteiger partial charge in [0.1, 0.15) is 53.9 Å². The molecule has 0 saturated carbocycles. The molecule has 0 bridgehead atoms. The molecule has 4 saturated heterocycles. The first kappa shape index (κ1) is 48.5. The predicted molar refractivity (Wildman–Crippen MR) is 217 cm³/mol. The number of rotatable bonds is 12. The van der Waals surface area contributed by atoms with Gasteiger partial charge in [0, 0.05) is 51.2 Å². The van der Waals surface area contributed by atoms with Crippen LogP contribution in [-0.4, -0.2) is 176 Å². The molecule has 0 spiro atoms. The number of aromatic hydroxyl groups is 2. The first-order chi connectivity index (χ1) is 30.2. The molecule has 0 amide bonds. The van der Waals surface area contributed by atoms with Crippen LogP contribution in [0.5, 0.6) is 17.2 Å². The first-order valence-corrected chi connectivity index (χ1v) is 21.6. The normalized spacial score (nSPS) is 39.9. The van der Waals surface area contributed by atoms with Gasteiger partial charge < -0.3 is 83.5 Å². The molecule has 4 aliphatic heterocycles. The monoisotopic (exact) mass is 908 g/mol. The van der Waals surface area contributed by atoms with Crippen molar-refractivity contribution >= 4 is 28.1 Å². The lowest BCUT2D eigenvalue weighted by molar-refractivity contribution is -0.311. The molecule has 4 fully saturated rings. The van der Waals surface area contributed by atoms with Crippen LogP contribution in [0.4, 0.5) is 0 Å². The van der Waals surface area contributed by atoms with Crippen LogP contribution in [0.25, 0.3) is 10.8 Å². The van der Waals surface area contributed by atoms with Gasteiger partial charge in [-0.05, 0) is 64.1 Å². The van der Waals surface area contributed by atoms with Crippen molar-refractivity contribution in [3.8, 4) is 17.2 Å². The number of hydrogen-bond acceptors (Lipinski definition) is 20. The van der Waals surface area contributed by atoms with E-state index in [0.29, 0.717) is 0 Å². The summed E-state index contributed by atoms with van der Waals surface area (Å²) in [5, 5.41) is 86.5. The summed E-state index contributed by atoms with van der Waals surface area (Å²) in [4.78, 5) is 40.5. The molecule has 19 atom stereocenters. The molecule has 4 heterocycles.